The minimum Gasteiger partial charge on any atom is -0.363 e. The first-order chi connectivity index (χ1) is 13.4. The fourth-order valence-corrected chi connectivity index (χ4v) is 2.76. The number of hydrogen-bond acceptors (Lipinski definition) is 6. The summed E-state index contributed by atoms with van der Waals surface area (Å²) in [5.74, 6) is 0.780. The largest absolute Gasteiger partial charge is 0.363 e. The van der Waals surface area contributed by atoms with Crippen molar-refractivity contribution in [2.75, 3.05) is 5.32 Å². The molecular formula is C19H21Cl3N6. The van der Waals surface area contributed by atoms with Gasteiger partial charge < -0.3 is 5.32 Å². The van der Waals surface area contributed by atoms with E-state index in [9.17, 15) is 0 Å². The summed E-state index contributed by atoms with van der Waals surface area (Å²) in [5.41, 5.74) is 2.97. The minimum absolute atomic E-state index is 0.184. The molecule has 0 saturated carbocycles. The highest BCUT2D eigenvalue weighted by atomic mass is 35.5. The highest BCUT2D eigenvalue weighted by Gasteiger charge is 2.13. The molecule has 0 saturated heterocycles. The Kier molecular flexibility index (Phi) is 8.83. The normalized spacial score (nSPS) is 11.4. The first kappa shape index (κ1) is 22.3. The Morgan fingerprint density at radius 1 is 0.964 bits per heavy atom. The molecule has 3 heterocycles. The van der Waals surface area contributed by atoms with Gasteiger partial charge in [-0.2, -0.15) is 0 Å². The van der Waals surface area contributed by atoms with Crippen LogP contribution in [0.1, 0.15) is 42.5 Å². The Morgan fingerprint density at radius 3 is 2.21 bits per heavy atom. The molecule has 0 bridgehead atoms. The molecule has 3 rings (SSSR count). The zero-order valence-electron chi connectivity index (χ0n) is 15.8. The van der Waals surface area contributed by atoms with E-state index in [2.05, 4.69) is 43.2 Å². The van der Waals surface area contributed by atoms with Gasteiger partial charge in [0.15, 0.2) is 0 Å². The summed E-state index contributed by atoms with van der Waals surface area (Å²) in [6.07, 6.45) is 9.05. The van der Waals surface area contributed by atoms with Crippen molar-refractivity contribution < 1.29 is 0 Å². The maximum Gasteiger partial charge on any atom is 0.224 e. The van der Waals surface area contributed by atoms with Crippen molar-refractivity contribution in [1.82, 2.24) is 24.9 Å². The Labute approximate surface area is 179 Å². The van der Waals surface area contributed by atoms with Crippen molar-refractivity contribution in [1.29, 1.82) is 0 Å². The van der Waals surface area contributed by atoms with Crippen LogP contribution >= 0.6 is 34.8 Å². The predicted octanol–water partition coefficient (Wildman–Crippen LogP) is 5.88. The van der Waals surface area contributed by atoms with E-state index < -0.39 is 0 Å². The SMILES string of the molecule is CCC[C@H](Nc1nc(Cl)ncc1C)c1cccnc1.Cc1cnc(Cl)nc1Cl. The Hall–Kier alpha value is -2.02. The Morgan fingerprint density at radius 2 is 1.64 bits per heavy atom. The lowest BCUT2D eigenvalue weighted by molar-refractivity contribution is 0.671. The van der Waals surface area contributed by atoms with Gasteiger partial charge in [0.25, 0.3) is 0 Å². The maximum atomic E-state index is 5.85. The van der Waals surface area contributed by atoms with Crippen molar-refractivity contribution in [2.24, 2.45) is 0 Å². The van der Waals surface area contributed by atoms with Gasteiger partial charge in [-0.1, -0.05) is 31.0 Å². The second kappa shape index (κ2) is 11.1. The lowest BCUT2D eigenvalue weighted by Crippen LogP contribution is -2.13. The van der Waals surface area contributed by atoms with Crippen LogP contribution in [0, 0.1) is 13.8 Å². The van der Waals surface area contributed by atoms with Gasteiger partial charge in [-0.15, -0.1) is 0 Å². The second-order valence-electron chi connectivity index (χ2n) is 6.06. The molecule has 3 aromatic heterocycles. The first-order valence-electron chi connectivity index (χ1n) is 8.71. The van der Waals surface area contributed by atoms with E-state index in [0.29, 0.717) is 5.15 Å². The fraction of sp³-hybridized carbons (Fsp3) is 0.316. The summed E-state index contributed by atoms with van der Waals surface area (Å²) < 4.78 is 0. The van der Waals surface area contributed by atoms with E-state index in [1.807, 2.05) is 26.1 Å². The number of nitrogens with zero attached hydrogens (tertiary/aromatic N) is 5. The van der Waals surface area contributed by atoms with E-state index in [-0.39, 0.29) is 16.6 Å². The van der Waals surface area contributed by atoms with Crippen molar-refractivity contribution in [3.05, 3.63) is 69.3 Å². The standard InChI is InChI=1S/C14H17ClN4.C5H4Cl2N2/c1-3-5-12(11-6-4-7-16-9-11)18-13-10(2)8-17-14(15)19-13;1-3-2-8-5(7)9-4(3)6/h4,6-9,12H,3,5H2,1-2H3,(H,17,18,19);2H,1H3/t12-;/m0./s1. The lowest BCUT2D eigenvalue weighted by atomic mass is 10.0. The van der Waals surface area contributed by atoms with Crippen LogP contribution in [0.5, 0.6) is 0 Å². The smallest absolute Gasteiger partial charge is 0.224 e. The van der Waals surface area contributed by atoms with Crippen molar-refractivity contribution in [3.8, 4) is 0 Å². The first-order valence-corrected chi connectivity index (χ1v) is 9.84. The molecule has 9 heteroatoms. The number of hydrogen-bond donors (Lipinski definition) is 1. The molecule has 6 nitrogen and oxygen atoms in total. The Balaban J connectivity index is 0.000000261. The summed E-state index contributed by atoms with van der Waals surface area (Å²) in [5, 5.41) is 4.29. The van der Waals surface area contributed by atoms with Crippen LogP contribution in [0.25, 0.3) is 0 Å². The molecule has 1 atom stereocenters. The van der Waals surface area contributed by atoms with E-state index in [1.165, 1.54) is 0 Å². The van der Waals surface area contributed by atoms with Crippen molar-refractivity contribution >= 4 is 40.6 Å². The molecule has 1 N–H and O–H groups in total. The van der Waals surface area contributed by atoms with E-state index in [1.54, 1.807) is 18.6 Å². The van der Waals surface area contributed by atoms with Gasteiger partial charge in [0.05, 0.1) is 6.04 Å². The Bertz CT molecular complexity index is 892. The molecule has 3 aromatic rings. The van der Waals surface area contributed by atoms with E-state index >= 15 is 0 Å². The molecule has 0 aliphatic carbocycles. The highest BCUT2D eigenvalue weighted by molar-refractivity contribution is 6.32. The third-order valence-corrected chi connectivity index (χ3v) is 4.54. The third kappa shape index (κ3) is 6.86. The van der Waals surface area contributed by atoms with Crippen LogP contribution < -0.4 is 5.32 Å². The molecule has 0 aliphatic heterocycles. The van der Waals surface area contributed by atoms with Gasteiger partial charge in [-0.3, -0.25) is 4.98 Å². The van der Waals surface area contributed by atoms with Gasteiger partial charge in [0.2, 0.25) is 10.6 Å². The average molecular weight is 440 g/mol. The lowest BCUT2D eigenvalue weighted by Gasteiger charge is -2.19. The van der Waals surface area contributed by atoms with Gasteiger partial charge in [-0.05, 0) is 55.1 Å². The van der Waals surface area contributed by atoms with Gasteiger partial charge in [0, 0.05) is 35.9 Å². The summed E-state index contributed by atoms with van der Waals surface area (Å²) in [6.45, 7) is 5.94. The predicted molar refractivity (Wildman–Crippen MR) is 114 cm³/mol. The van der Waals surface area contributed by atoms with Gasteiger partial charge in [0.1, 0.15) is 11.0 Å². The summed E-state index contributed by atoms with van der Waals surface area (Å²) in [6, 6.07) is 4.20. The van der Waals surface area contributed by atoms with Crippen molar-refractivity contribution in [3.63, 3.8) is 0 Å². The average Bonchev–Trinajstić information content (AvgIpc) is 2.68. The molecule has 0 spiro atoms. The maximum absolute atomic E-state index is 5.85. The van der Waals surface area contributed by atoms with E-state index in [0.717, 1.165) is 35.3 Å². The monoisotopic (exact) mass is 438 g/mol. The molecule has 0 aliphatic rings. The topological polar surface area (TPSA) is 76.5 Å². The molecule has 0 amide bonds. The van der Waals surface area contributed by atoms with Crippen LogP contribution in [0.2, 0.25) is 15.7 Å². The molecule has 148 valence electrons. The summed E-state index contributed by atoms with van der Waals surface area (Å²) >= 11 is 16.8. The molecule has 0 radical (unpaired) electrons. The summed E-state index contributed by atoms with van der Waals surface area (Å²) in [4.78, 5) is 19.8. The zero-order valence-corrected chi connectivity index (χ0v) is 18.1. The van der Waals surface area contributed by atoms with Crippen LogP contribution in [0.3, 0.4) is 0 Å². The molecular weight excluding hydrogens is 419 g/mol. The minimum atomic E-state index is 0.184. The van der Waals surface area contributed by atoms with Crippen LogP contribution in [0.4, 0.5) is 5.82 Å². The van der Waals surface area contributed by atoms with Crippen LogP contribution in [0.15, 0.2) is 36.9 Å². The molecule has 0 fully saturated rings. The number of aryl methyl sites for hydroxylation is 2. The van der Waals surface area contributed by atoms with E-state index in [4.69, 9.17) is 34.8 Å². The number of anilines is 1. The van der Waals surface area contributed by atoms with Crippen molar-refractivity contribution in [2.45, 2.75) is 39.7 Å². The number of pyridine rings is 1. The highest BCUT2D eigenvalue weighted by Crippen LogP contribution is 2.24. The second-order valence-corrected chi connectivity index (χ2v) is 7.09. The molecule has 28 heavy (non-hydrogen) atoms. The zero-order chi connectivity index (χ0) is 20.5. The summed E-state index contributed by atoms with van der Waals surface area (Å²) in [7, 11) is 0. The number of halogens is 3. The number of aromatic nitrogens is 5. The number of nitrogens with one attached hydrogen (secondary N) is 1. The van der Waals surface area contributed by atoms with Gasteiger partial charge in [-0.25, -0.2) is 19.9 Å². The number of rotatable bonds is 5. The fourth-order valence-electron chi connectivity index (χ4n) is 2.33. The quantitative estimate of drug-likeness (QED) is 0.395. The molecule has 0 unspecified atom stereocenters. The van der Waals surface area contributed by atoms with Gasteiger partial charge >= 0.3 is 0 Å². The van der Waals surface area contributed by atoms with Crippen LogP contribution in [-0.2, 0) is 0 Å². The molecule has 0 aromatic carbocycles. The van der Waals surface area contributed by atoms with Crippen LogP contribution in [-0.4, -0.2) is 24.9 Å². The third-order valence-electron chi connectivity index (χ3n) is 3.80.